The molecule has 0 bridgehead atoms. The van der Waals surface area contributed by atoms with Crippen LogP contribution in [0.3, 0.4) is 0 Å². The molecule has 0 saturated carbocycles. The highest BCUT2D eigenvalue weighted by Gasteiger charge is 2.20. The van der Waals surface area contributed by atoms with Gasteiger partial charge in [-0.15, -0.1) is 0 Å². The lowest BCUT2D eigenvalue weighted by molar-refractivity contribution is 0.102. The zero-order valence-electron chi connectivity index (χ0n) is 13.1. The lowest BCUT2D eigenvalue weighted by Crippen LogP contribution is -2.13. The smallest absolute Gasteiger partial charge is 0.259 e. The predicted octanol–water partition coefficient (Wildman–Crippen LogP) is 4.65. The molecule has 1 amide bonds. The Morgan fingerprint density at radius 3 is 2.84 bits per heavy atom. The first kappa shape index (κ1) is 15.8. The van der Waals surface area contributed by atoms with E-state index in [1.54, 1.807) is 31.4 Å². The maximum Gasteiger partial charge on any atom is 0.259 e. The molecule has 0 radical (unpaired) electrons. The Bertz CT molecular complexity index is 1070. The van der Waals surface area contributed by atoms with Crippen molar-refractivity contribution >= 4 is 45.3 Å². The van der Waals surface area contributed by atoms with Crippen LogP contribution >= 0.6 is 22.6 Å². The van der Waals surface area contributed by atoms with E-state index in [1.807, 2.05) is 24.3 Å². The molecule has 1 N–H and O–H groups in total. The molecule has 3 heterocycles. The highest BCUT2D eigenvalue weighted by Crippen LogP contribution is 2.28. The number of halogens is 1. The number of nitrogens with one attached hydrogen (secondary N) is 1. The zero-order valence-corrected chi connectivity index (χ0v) is 15.3. The number of aryl methyl sites for hydroxylation is 1. The van der Waals surface area contributed by atoms with Gasteiger partial charge < -0.3 is 14.3 Å². The van der Waals surface area contributed by atoms with E-state index in [9.17, 15) is 4.79 Å². The second-order valence-corrected chi connectivity index (χ2v) is 6.69. The van der Waals surface area contributed by atoms with E-state index in [0.29, 0.717) is 33.8 Å². The van der Waals surface area contributed by atoms with Gasteiger partial charge in [-0.05, 0) is 65.9 Å². The van der Waals surface area contributed by atoms with Crippen molar-refractivity contribution < 1.29 is 13.7 Å². The highest BCUT2D eigenvalue weighted by atomic mass is 127. The Hall–Kier alpha value is -2.68. The summed E-state index contributed by atoms with van der Waals surface area (Å²) >= 11 is 2.20. The molecule has 0 unspecified atom stereocenters. The van der Waals surface area contributed by atoms with Crippen LogP contribution in [0.5, 0.6) is 0 Å². The number of aromatic nitrogens is 2. The van der Waals surface area contributed by atoms with Crippen molar-refractivity contribution in [3.63, 3.8) is 0 Å². The molecule has 0 aliphatic heterocycles. The fourth-order valence-corrected chi connectivity index (χ4v) is 3.13. The SMILES string of the molecule is Cc1noc2nc(-c3ccco3)cc(C(=O)Nc3cccc(I)c3)c12. The van der Waals surface area contributed by atoms with Crippen molar-refractivity contribution in [1.82, 2.24) is 10.1 Å². The van der Waals surface area contributed by atoms with E-state index in [4.69, 9.17) is 8.94 Å². The van der Waals surface area contributed by atoms with E-state index < -0.39 is 0 Å². The Morgan fingerprint density at radius 2 is 2.08 bits per heavy atom. The van der Waals surface area contributed by atoms with Crippen LogP contribution in [-0.4, -0.2) is 16.0 Å². The summed E-state index contributed by atoms with van der Waals surface area (Å²) in [5.74, 6) is 0.299. The maximum atomic E-state index is 12.9. The highest BCUT2D eigenvalue weighted by molar-refractivity contribution is 14.1. The number of amides is 1. The Morgan fingerprint density at radius 1 is 1.20 bits per heavy atom. The van der Waals surface area contributed by atoms with E-state index in [0.717, 1.165) is 9.26 Å². The van der Waals surface area contributed by atoms with Crippen molar-refractivity contribution in [3.8, 4) is 11.5 Å². The average Bonchev–Trinajstić information content (AvgIpc) is 3.24. The van der Waals surface area contributed by atoms with E-state index in [1.165, 1.54) is 0 Å². The van der Waals surface area contributed by atoms with Gasteiger partial charge in [0, 0.05) is 9.26 Å². The van der Waals surface area contributed by atoms with Crippen molar-refractivity contribution in [1.29, 1.82) is 0 Å². The number of nitrogens with zero attached hydrogens (tertiary/aromatic N) is 2. The third-order valence-corrected chi connectivity index (χ3v) is 4.39. The summed E-state index contributed by atoms with van der Waals surface area (Å²) in [7, 11) is 0. The standard InChI is InChI=1S/C18H12IN3O3/c1-10-16-13(17(23)20-12-5-2-4-11(19)8-12)9-14(15-6-3-7-24-15)21-18(16)25-22-10/h2-9H,1H3,(H,20,23). The van der Waals surface area contributed by atoms with Crippen LogP contribution in [-0.2, 0) is 0 Å². The first-order valence-corrected chi connectivity index (χ1v) is 8.57. The number of furan rings is 1. The second-order valence-electron chi connectivity index (χ2n) is 5.44. The van der Waals surface area contributed by atoms with Crippen molar-refractivity contribution in [3.05, 3.63) is 63.6 Å². The molecule has 4 aromatic rings. The topological polar surface area (TPSA) is 81.2 Å². The second kappa shape index (κ2) is 6.32. The van der Waals surface area contributed by atoms with Crippen LogP contribution in [0.1, 0.15) is 16.1 Å². The number of anilines is 1. The number of rotatable bonds is 3. The van der Waals surface area contributed by atoms with Gasteiger partial charge in [-0.1, -0.05) is 11.2 Å². The Kier molecular flexibility index (Phi) is 4.00. The summed E-state index contributed by atoms with van der Waals surface area (Å²) in [5, 5.41) is 7.44. The number of carbonyl (C=O) groups is 1. The molecule has 0 fully saturated rings. The molecular weight excluding hydrogens is 433 g/mol. The molecule has 7 heteroatoms. The first-order chi connectivity index (χ1) is 12.1. The fourth-order valence-electron chi connectivity index (χ4n) is 2.59. The lowest BCUT2D eigenvalue weighted by atomic mass is 10.1. The third-order valence-electron chi connectivity index (χ3n) is 3.72. The van der Waals surface area contributed by atoms with Gasteiger partial charge in [0.15, 0.2) is 5.76 Å². The molecule has 0 aliphatic rings. The van der Waals surface area contributed by atoms with Crippen LogP contribution in [0.4, 0.5) is 5.69 Å². The molecule has 0 atom stereocenters. The van der Waals surface area contributed by atoms with E-state index in [-0.39, 0.29) is 5.91 Å². The predicted molar refractivity (Wildman–Crippen MR) is 101 cm³/mol. The summed E-state index contributed by atoms with van der Waals surface area (Å²) in [6.07, 6.45) is 1.55. The largest absolute Gasteiger partial charge is 0.463 e. The number of benzene rings is 1. The first-order valence-electron chi connectivity index (χ1n) is 7.49. The molecule has 0 saturated heterocycles. The maximum absolute atomic E-state index is 12.9. The minimum Gasteiger partial charge on any atom is -0.463 e. The number of hydrogen-bond donors (Lipinski definition) is 1. The molecule has 0 aliphatic carbocycles. The summed E-state index contributed by atoms with van der Waals surface area (Å²) in [4.78, 5) is 17.3. The molecule has 4 rings (SSSR count). The van der Waals surface area contributed by atoms with E-state index >= 15 is 0 Å². The zero-order chi connectivity index (χ0) is 17.4. The van der Waals surface area contributed by atoms with Crippen LogP contribution in [0.15, 0.2) is 57.7 Å². The monoisotopic (exact) mass is 445 g/mol. The van der Waals surface area contributed by atoms with Crippen molar-refractivity contribution in [2.24, 2.45) is 0 Å². The van der Waals surface area contributed by atoms with Crippen molar-refractivity contribution in [2.75, 3.05) is 5.32 Å². The van der Waals surface area contributed by atoms with Crippen LogP contribution in [0.25, 0.3) is 22.6 Å². The van der Waals surface area contributed by atoms with Gasteiger partial charge in [-0.25, -0.2) is 4.98 Å². The molecule has 25 heavy (non-hydrogen) atoms. The summed E-state index contributed by atoms with van der Waals surface area (Å²) in [6.45, 7) is 1.78. The van der Waals surface area contributed by atoms with Gasteiger partial charge >= 0.3 is 0 Å². The minimum atomic E-state index is -0.256. The molecule has 1 aromatic carbocycles. The van der Waals surface area contributed by atoms with E-state index in [2.05, 4.69) is 38.0 Å². The average molecular weight is 445 g/mol. The lowest BCUT2D eigenvalue weighted by Gasteiger charge is -2.08. The fraction of sp³-hybridized carbons (Fsp3) is 0.0556. The van der Waals surface area contributed by atoms with Gasteiger partial charge in [-0.2, -0.15) is 0 Å². The van der Waals surface area contributed by atoms with Crippen LogP contribution in [0, 0.1) is 10.5 Å². The molecule has 3 aromatic heterocycles. The van der Waals surface area contributed by atoms with Crippen LogP contribution < -0.4 is 5.32 Å². The van der Waals surface area contributed by atoms with Gasteiger partial charge in [0.05, 0.1) is 22.9 Å². The molecule has 6 nitrogen and oxygen atoms in total. The normalized spacial score (nSPS) is 11.0. The molecular formula is C18H12IN3O3. The third kappa shape index (κ3) is 3.02. The van der Waals surface area contributed by atoms with Crippen LogP contribution in [0.2, 0.25) is 0 Å². The summed E-state index contributed by atoms with van der Waals surface area (Å²) < 4.78 is 11.7. The van der Waals surface area contributed by atoms with Gasteiger partial charge in [0.2, 0.25) is 0 Å². The molecule has 124 valence electrons. The van der Waals surface area contributed by atoms with Gasteiger partial charge in [-0.3, -0.25) is 4.79 Å². The number of fused-ring (bicyclic) bond motifs is 1. The quantitative estimate of drug-likeness (QED) is 0.465. The van der Waals surface area contributed by atoms with Gasteiger partial charge in [0.25, 0.3) is 11.6 Å². The number of carbonyl (C=O) groups excluding carboxylic acids is 1. The minimum absolute atomic E-state index is 0.256. The Labute approximate surface area is 156 Å². The Balaban J connectivity index is 1.81. The summed E-state index contributed by atoms with van der Waals surface area (Å²) in [5.41, 5.74) is 2.59. The van der Waals surface area contributed by atoms with Crippen molar-refractivity contribution in [2.45, 2.75) is 6.92 Å². The van der Waals surface area contributed by atoms with Gasteiger partial charge in [0.1, 0.15) is 5.69 Å². The number of hydrogen-bond acceptors (Lipinski definition) is 5. The number of pyridine rings is 1. The summed E-state index contributed by atoms with van der Waals surface area (Å²) in [6, 6.07) is 12.8. The molecule has 0 spiro atoms.